The number of aryl methyl sites for hydroxylation is 1. The first-order chi connectivity index (χ1) is 7.09. The van der Waals surface area contributed by atoms with E-state index in [2.05, 4.69) is 56.7 Å². The van der Waals surface area contributed by atoms with Gasteiger partial charge in [-0.2, -0.15) is 0 Å². The number of hydrogen-bond donors (Lipinski definition) is 1. The van der Waals surface area contributed by atoms with Gasteiger partial charge in [-0.1, -0.05) is 62.5 Å². The topological polar surface area (TPSA) is 12.0 Å². The van der Waals surface area contributed by atoms with Crippen LogP contribution in [0.5, 0.6) is 0 Å². The maximum Gasteiger partial charge on any atom is 0.0136 e. The molecule has 0 radical (unpaired) electrons. The molecule has 0 aliphatic rings. The highest BCUT2D eigenvalue weighted by atomic mass is 32.2. The summed E-state index contributed by atoms with van der Waals surface area (Å²) in [6, 6.07) is 8.81. The lowest BCUT2D eigenvalue weighted by Gasteiger charge is -2.13. The van der Waals surface area contributed by atoms with Crippen LogP contribution in [0.3, 0.4) is 0 Å². The van der Waals surface area contributed by atoms with Crippen molar-refractivity contribution >= 4 is 11.9 Å². The molecule has 2 heteroatoms. The highest BCUT2D eigenvalue weighted by Crippen LogP contribution is 2.16. The molecule has 0 amide bonds. The molecule has 0 aliphatic carbocycles. The second-order valence-electron chi connectivity index (χ2n) is 4.33. The van der Waals surface area contributed by atoms with Crippen molar-refractivity contribution in [3.05, 3.63) is 35.4 Å². The van der Waals surface area contributed by atoms with E-state index in [1.165, 1.54) is 11.1 Å². The molecular weight excluding hydrogens is 202 g/mol. The van der Waals surface area contributed by atoms with E-state index >= 15 is 0 Å². The summed E-state index contributed by atoms with van der Waals surface area (Å²) >= 11 is 1.81. The summed E-state index contributed by atoms with van der Waals surface area (Å²) in [6.07, 6.45) is 0. The molecule has 1 atom stereocenters. The van der Waals surface area contributed by atoms with Crippen molar-refractivity contribution < 1.29 is 0 Å². The smallest absolute Gasteiger partial charge is 0.0136 e. The Labute approximate surface area is 97.8 Å². The molecule has 84 valence electrons. The number of hydrogen-bond acceptors (Lipinski definition) is 2. The number of nitrogens with one attached hydrogen (secondary N) is 1. The van der Waals surface area contributed by atoms with Gasteiger partial charge < -0.3 is 0 Å². The van der Waals surface area contributed by atoms with Crippen molar-refractivity contribution in [3.63, 3.8) is 0 Å². The van der Waals surface area contributed by atoms with Crippen molar-refractivity contribution in [1.29, 1.82) is 0 Å². The van der Waals surface area contributed by atoms with Crippen LogP contribution in [-0.4, -0.2) is 11.8 Å². The molecule has 0 saturated carbocycles. The van der Waals surface area contributed by atoms with E-state index in [9.17, 15) is 0 Å². The second kappa shape index (κ2) is 6.19. The van der Waals surface area contributed by atoms with Gasteiger partial charge in [0.2, 0.25) is 0 Å². The lowest BCUT2D eigenvalue weighted by Crippen LogP contribution is -2.15. The van der Waals surface area contributed by atoms with Gasteiger partial charge in [0, 0.05) is 11.8 Å². The first-order valence-corrected chi connectivity index (χ1v) is 6.42. The summed E-state index contributed by atoms with van der Waals surface area (Å²) in [6.45, 7) is 9.83. The van der Waals surface area contributed by atoms with Crippen LogP contribution in [0, 0.1) is 6.92 Å². The maximum atomic E-state index is 3.41. The van der Waals surface area contributed by atoms with Crippen LogP contribution in [0.2, 0.25) is 0 Å². The highest BCUT2D eigenvalue weighted by molar-refractivity contribution is 7.97. The van der Waals surface area contributed by atoms with Crippen LogP contribution in [0.1, 0.15) is 37.8 Å². The van der Waals surface area contributed by atoms with E-state index in [1.54, 1.807) is 0 Å². The van der Waals surface area contributed by atoms with Crippen molar-refractivity contribution in [3.8, 4) is 0 Å². The normalized spacial score (nSPS) is 13.1. The summed E-state index contributed by atoms with van der Waals surface area (Å²) in [5, 5.41) is 0.648. The minimum Gasteiger partial charge on any atom is -0.263 e. The molecule has 1 N–H and O–H groups in total. The van der Waals surface area contributed by atoms with Gasteiger partial charge in [0.15, 0.2) is 0 Å². The van der Waals surface area contributed by atoms with Crippen LogP contribution in [0.15, 0.2) is 24.3 Å². The first-order valence-electron chi connectivity index (χ1n) is 5.54. The maximum absolute atomic E-state index is 3.41. The SMILES string of the molecule is Cc1ccc([C@H](C)CNSC(C)C)cc1. The van der Waals surface area contributed by atoms with Crippen LogP contribution in [-0.2, 0) is 0 Å². The van der Waals surface area contributed by atoms with E-state index in [0.29, 0.717) is 11.2 Å². The molecule has 1 aromatic rings. The van der Waals surface area contributed by atoms with Crippen molar-refractivity contribution in [1.82, 2.24) is 4.72 Å². The van der Waals surface area contributed by atoms with Gasteiger partial charge in [-0.05, 0) is 18.4 Å². The molecule has 15 heavy (non-hydrogen) atoms. The van der Waals surface area contributed by atoms with Gasteiger partial charge in [0.1, 0.15) is 0 Å². The highest BCUT2D eigenvalue weighted by Gasteiger charge is 2.04. The van der Waals surface area contributed by atoms with E-state index in [0.717, 1.165) is 6.54 Å². The van der Waals surface area contributed by atoms with E-state index in [1.807, 2.05) is 11.9 Å². The molecule has 0 unspecified atom stereocenters. The Morgan fingerprint density at radius 2 is 1.73 bits per heavy atom. The molecule has 0 aliphatic heterocycles. The summed E-state index contributed by atoms with van der Waals surface area (Å²) in [4.78, 5) is 0. The Morgan fingerprint density at radius 1 is 1.13 bits per heavy atom. The Hall–Kier alpha value is -0.470. The van der Waals surface area contributed by atoms with Gasteiger partial charge in [0.25, 0.3) is 0 Å². The predicted molar refractivity (Wildman–Crippen MR) is 70.3 cm³/mol. The molecule has 1 aromatic carbocycles. The van der Waals surface area contributed by atoms with Crippen LogP contribution in [0.25, 0.3) is 0 Å². The minimum atomic E-state index is 0.580. The van der Waals surface area contributed by atoms with E-state index in [4.69, 9.17) is 0 Å². The van der Waals surface area contributed by atoms with Crippen LogP contribution >= 0.6 is 11.9 Å². The predicted octanol–water partition coefficient (Wildman–Crippen LogP) is 3.74. The Balaban J connectivity index is 2.40. The fourth-order valence-corrected chi connectivity index (χ4v) is 2.03. The van der Waals surface area contributed by atoms with Crippen molar-refractivity contribution in [2.45, 2.75) is 38.9 Å². The molecule has 1 nitrogen and oxygen atoms in total. The quantitative estimate of drug-likeness (QED) is 0.763. The zero-order valence-electron chi connectivity index (χ0n) is 10.1. The van der Waals surface area contributed by atoms with Crippen molar-refractivity contribution in [2.24, 2.45) is 0 Å². The fraction of sp³-hybridized carbons (Fsp3) is 0.538. The van der Waals surface area contributed by atoms with E-state index < -0.39 is 0 Å². The zero-order valence-corrected chi connectivity index (χ0v) is 10.9. The summed E-state index contributed by atoms with van der Waals surface area (Å²) in [5.74, 6) is 0.580. The lowest BCUT2D eigenvalue weighted by atomic mass is 10.0. The molecule has 0 saturated heterocycles. The largest absolute Gasteiger partial charge is 0.263 e. The molecule has 0 bridgehead atoms. The Bertz CT molecular complexity index is 279. The molecule has 0 spiro atoms. The first kappa shape index (κ1) is 12.6. The zero-order chi connectivity index (χ0) is 11.3. The van der Waals surface area contributed by atoms with Gasteiger partial charge in [0.05, 0.1) is 0 Å². The standard InChI is InChI=1S/C13H21NS/c1-10(2)15-14-9-12(4)13-7-5-11(3)6-8-13/h5-8,10,12,14H,9H2,1-4H3/t12-/m1/s1. The average molecular weight is 223 g/mol. The summed E-state index contributed by atoms with van der Waals surface area (Å²) < 4.78 is 3.41. The third kappa shape index (κ3) is 4.72. The second-order valence-corrected chi connectivity index (χ2v) is 5.79. The van der Waals surface area contributed by atoms with Gasteiger partial charge in [-0.3, -0.25) is 4.72 Å². The average Bonchev–Trinajstić information content (AvgIpc) is 2.18. The minimum absolute atomic E-state index is 0.580. The molecule has 0 aromatic heterocycles. The van der Waals surface area contributed by atoms with E-state index in [-0.39, 0.29) is 0 Å². The molecular formula is C13H21NS. The molecule has 1 rings (SSSR count). The van der Waals surface area contributed by atoms with Gasteiger partial charge in [-0.15, -0.1) is 0 Å². The molecule has 0 heterocycles. The summed E-state index contributed by atoms with van der Waals surface area (Å²) in [7, 11) is 0. The molecule has 0 fully saturated rings. The van der Waals surface area contributed by atoms with Gasteiger partial charge >= 0.3 is 0 Å². The number of rotatable bonds is 5. The third-order valence-electron chi connectivity index (χ3n) is 2.35. The Kier molecular flexibility index (Phi) is 5.20. The van der Waals surface area contributed by atoms with Crippen LogP contribution < -0.4 is 4.72 Å². The summed E-state index contributed by atoms with van der Waals surface area (Å²) in [5.41, 5.74) is 2.74. The monoisotopic (exact) mass is 223 g/mol. The Morgan fingerprint density at radius 3 is 2.27 bits per heavy atom. The lowest BCUT2D eigenvalue weighted by molar-refractivity contribution is 0.739. The fourth-order valence-electron chi connectivity index (χ4n) is 1.35. The number of benzene rings is 1. The third-order valence-corrected chi connectivity index (χ3v) is 3.16. The van der Waals surface area contributed by atoms with Gasteiger partial charge in [-0.25, -0.2) is 0 Å². The van der Waals surface area contributed by atoms with Crippen molar-refractivity contribution in [2.75, 3.05) is 6.54 Å². The van der Waals surface area contributed by atoms with Crippen LogP contribution in [0.4, 0.5) is 0 Å².